The van der Waals surface area contributed by atoms with Crippen LogP contribution < -0.4 is 10.2 Å². The molecule has 20 heavy (non-hydrogen) atoms. The number of hydrogen-bond acceptors (Lipinski definition) is 4. The molecule has 2 N–H and O–H groups in total. The van der Waals surface area contributed by atoms with E-state index in [0.29, 0.717) is 12.1 Å². The van der Waals surface area contributed by atoms with Crippen LogP contribution in [0.15, 0.2) is 18.3 Å². The van der Waals surface area contributed by atoms with Crippen molar-refractivity contribution in [1.29, 1.82) is 0 Å². The molecule has 1 unspecified atom stereocenters. The average molecular weight is 277 g/mol. The summed E-state index contributed by atoms with van der Waals surface area (Å²) in [5.74, 6) is 1.10. The number of hydrogen-bond donors (Lipinski definition) is 2. The van der Waals surface area contributed by atoms with Crippen LogP contribution in [0, 0.1) is 0 Å². The molecule has 0 saturated heterocycles. The number of nitrogens with zero attached hydrogens (tertiary/aromatic N) is 2. The summed E-state index contributed by atoms with van der Waals surface area (Å²) >= 11 is 0. The van der Waals surface area contributed by atoms with Crippen LogP contribution >= 0.6 is 0 Å². The molecule has 1 heterocycles. The molecule has 4 heteroatoms. The van der Waals surface area contributed by atoms with Gasteiger partial charge in [0.05, 0.1) is 0 Å². The first-order chi connectivity index (χ1) is 9.77. The van der Waals surface area contributed by atoms with Gasteiger partial charge in [0.25, 0.3) is 0 Å². The highest BCUT2D eigenvalue weighted by atomic mass is 16.3. The van der Waals surface area contributed by atoms with Gasteiger partial charge in [-0.2, -0.15) is 0 Å². The molecule has 112 valence electrons. The maximum atomic E-state index is 9.14. The van der Waals surface area contributed by atoms with Crippen molar-refractivity contribution in [3.05, 3.63) is 23.9 Å². The minimum atomic E-state index is 0.244. The van der Waals surface area contributed by atoms with Crippen LogP contribution in [-0.4, -0.2) is 35.8 Å². The molecule has 0 aromatic carbocycles. The molecule has 1 aliphatic carbocycles. The summed E-state index contributed by atoms with van der Waals surface area (Å²) in [7, 11) is 0. The van der Waals surface area contributed by atoms with E-state index in [1.165, 1.54) is 24.8 Å². The second-order valence-corrected chi connectivity index (χ2v) is 5.55. The van der Waals surface area contributed by atoms with E-state index in [0.717, 1.165) is 25.3 Å². The summed E-state index contributed by atoms with van der Waals surface area (Å²) in [6.45, 7) is 6.41. The number of anilines is 1. The van der Waals surface area contributed by atoms with Gasteiger partial charge in [0.15, 0.2) is 0 Å². The van der Waals surface area contributed by atoms with Gasteiger partial charge in [0, 0.05) is 37.0 Å². The van der Waals surface area contributed by atoms with Crippen molar-refractivity contribution in [2.75, 3.05) is 24.6 Å². The van der Waals surface area contributed by atoms with Crippen molar-refractivity contribution >= 4 is 5.82 Å². The third-order valence-corrected chi connectivity index (χ3v) is 4.14. The highest BCUT2D eigenvalue weighted by molar-refractivity contribution is 5.49. The van der Waals surface area contributed by atoms with Gasteiger partial charge < -0.3 is 15.3 Å². The van der Waals surface area contributed by atoms with Gasteiger partial charge in [0.1, 0.15) is 5.82 Å². The second kappa shape index (κ2) is 7.60. The standard InChI is InChI=1S/C16H27N3O/c1-3-17-13(2)15-9-5-10-18-16(15)19(11-6-12-20)14-7-4-8-14/h5,9-10,13-14,17,20H,3-4,6-8,11-12H2,1-2H3. The number of rotatable bonds is 8. The van der Waals surface area contributed by atoms with Gasteiger partial charge in [-0.15, -0.1) is 0 Å². The van der Waals surface area contributed by atoms with Gasteiger partial charge in [-0.1, -0.05) is 13.0 Å². The summed E-state index contributed by atoms with van der Waals surface area (Å²) in [5, 5.41) is 12.6. The molecule has 0 amide bonds. The van der Waals surface area contributed by atoms with Crippen LogP contribution in [0.25, 0.3) is 0 Å². The maximum absolute atomic E-state index is 9.14. The molecular formula is C16H27N3O. The van der Waals surface area contributed by atoms with Crippen LogP contribution in [0.3, 0.4) is 0 Å². The smallest absolute Gasteiger partial charge is 0.133 e. The lowest BCUT2D eigenvalue weighted by molar-refractivity contribution is 0.282. The maximum Gasteiger partial charge on any atom is 0.133 e. The Morgan fingerprint density at radius 2 is 2.30 bits per heavy atom. The van der Waals surface area contributed by atoms with Crippen molar-refractivity contribution in [3.8, 4) is 0 Å². The van der Waals surface area contributed by atoms with E-state index in [1.807, 2.05) is 12.3 Å². The predicted molar refractivity (Wildman–Crippen MR) is 83.0 cm³/mol. The third-order valence-electron chi connectivity index (χ3n) is 4.14. The van der Waals surface area contributed by atoms with Gasteiger partial charge in [-0.25, -0.2) is 4.98 Å². The van der Waals surface area contributed by atoms with Crippen molar-refractivity contribution in [2.45, 2.75) is 51.6 Å². The molecule has 4 nitrogen and oxygen atoms in total. The van der Waals surface area contributed by atoms with E-state index in [-0.39, 0.29) is 6.61 Å². The first-order valence-corrected chi connectivity index (χ1v) is 7.83. The first-order valence-electron chi connectivity index (χ1n) is 7.83. The Labute approximate surface area is 122 Å². The predicted octanol–water partition coefficient (Wildman–Crippen LogP) is 2.49. The van der Waals surface area contributed by atoms with Crippen LogP contribution in [0.5, 0.6) is 0 Å². The highest BCUT2D eigenvalue weighted by Crippen LogP contribution is 2.32. The van der Waals surface area contributed by atoms with E-state index in [1.54, 1.807) is 0 Å². The molecule has 0 aliphatic heterocycles. The molecule has 0 bridgehead atoms. The van der Waals surface area contributed by atoms with Crippen molar-refractivity contribution in [1.82, 2.24) is 10.3 Å². The molecule has 1 saturated carbocycles. The number of aliphatic hydroxyl groups is 1. The third kappa shape index (κ3) is 3.49. The number of pyridine rings is 1. The van der Waals surface area contributed by atoms with Gasteiger partial charge in [0.2, 0.25) is 0 Å². The zero-order chi connectivity index (χ0) is 14.4. The number of nitrogens with one attached hydrogen (secondary N) is 1. The Hall–Kier alpha value is -1.13. The monoisotopic (exact) mass is 277 g/mol. The lowest BCUT2D eigenvalue weighted by Gasteiger charge is -2.40. The van der Waals surface area contributed by atoms with E-state index in [4.69, 9.17) is 5.11 Å². The highest BCUT2D eigenvalue weighted by Gasteiger charge is 2.27. The lowest BCUT2D eigenvalue weighted by Crippen LogP contribution is -2.42. The molecule has 1 aliphatic rings. The molecular weight excluding hydrogens is 250 g/mol. The Morgan fingerprint density at radius 1 is 1.50 bits per heavy atom. The van der Waals surface area contributed by atoms with Crippen LogP contribution in [0.4, 0.5) is 5.82 Å². The Kier molecular flexibility index (Phi) is 5.80. The lowest BCUT2D eigenvalue weighted by atomic mass is 9.90. The Morgan fingerprint density at radius 3 is 2.90 bits per heavy atom. The molecule has 1 aromatic rings. The topological polar surface area (TPSA) is 48.4 Å². The van der Waals surface area contributed by atoms with E-state index in [2.05, 4.69) is 35.1 Å². The zero-order valence-corrected chi connectivity index (χ0v) is 12.7. The van der Waals surface area contributed by atoms with Gasteiger partial charge in [-0.3, -0.25) is 0 Å². The normalized spacial score (nSPS) is 16.8. The van der Waals surface area contributed by atoms with Crippen molar-refractivity contribution < 1.29 is 5.11 Å². The molecule has 1 atom stereocenters. The summed E-state index contributed by atoms with van der Waals surface area (Å²) in [5.41, 5.74) is 1.26. The molecule has 2 rings (SSSR count). The summed E-state index contributed by atoms with van der Waals surface area (Å²) in [6, 6.07) is 5.09. The van der Waals surface area contributed by atoms with Gasteiger partial charge >= 0.3 is 0 Å². The Balaban J connectivity index is 2.22. The van der Waals surface area contributed by atoms with E-state index >= 15 is 0 Å². The largest absolute Gasteiger partial charge is 0.396 e. The minimum absolute atomic E-state index is 0.244. The zero-order valence-electron chi connectivity index (χ0n) is 12.7. The van der Waals surface area contributed by atoms with Crippen molar-refractivity contribution in [2.24, 2.45) is 0 Å². The van der Waals surface area contributed by atoms with Gasteiger partial charge in [-0.05, 0) is 45.2 Å². The Bertz CT molecular complexity index is 406. The fourth-order valence-electron chi connectivity index (χ4n) is 2.80. The van der Waals surface area contributed by atoms with Crippen LogP contribution in [0.1, 0.15) is 51.1 Å². The molecule has 1 fully saturated rings. The summed E-state index contributed by atoms with van der Waals surface area (Å²) < 4.78 is 0. The number of aliphatic hydroxyl groups excluding tert-OH is 1. The number of aromatic nitrogens is 1. The summed E-state index contributed by atoms with van der Waals surface area (Å²) in [6.07, 6.45) is 6.49. The molecule has 0 radical (unpaired) electrons. The van der Waals surface area contributed by atoms with Crippen LogP contribution in [-0.2, 0) is 0 Å². The molecule has 1 aromatic heterocycles. The van der Waals surface area contributed by atoms with E-state index in [9.17, 15) is 0 Å². The first kappa shape index (κ1) is 15.3. The summed E-state index contributed by atoms with van der Waals surface area (Å²) in [4.78, 5) is 7.05. The fourth-order valence-corrected chi connectivity index (χ4v) is 2.80. The van der Waals surface area contributed by atoms with Crippen LogP contribution in [0.2, 0.25) is 0 Å². The minimum Gasteiger partial charge on any atom is -0.396 e. The fraction of sp³-hybridized carbons (Fsp3) is 0.688. The van der Waals surface area contributed by atoms with Crippen molar-refractivity contribution in [3.63, 3.8) is 0 Å². The quantitative estimate of drug-likeness (QED) is 0.766. The average Bonchev–Trinajstić information content (AvgIpc) is 2.41. The second-order valence-electron chi connectivity index (χ2n) is 5.55. The SMILES string of the molecule is CCNC(C)c1cccnc1N(CCCO)C1CCC1. The molecule has 0 spiro atoms. The van der Waals surface area contributed by atoms with E-state index < -0.39 is 0 Å².